The highest BCUT2D eigenvalue weighted by Gasteiger charge is 2.19. The number of carbonyl (C=O) groups is 2. The Balaban J connectivity index is 4.14. The van der Waals surface area contributed by atoms with E-state index in [9.17, 15) is 9.59 Å². The first kappa shape index (κ1) is 13.9. The number of primary amides is 1. The molecule has 0 heterocycles. The van der Waals surface area contributed by atoms with Crippen molar-refractivity contribution in [1.82, 2.24) is 4.90 Å². The monoisotopic (exact) mass is 218 g/mol. The standard InChI is InChI=1S/C9H18N2O4/c1-4-14-7(15-5-2)6-11(3)9(13)8(10)12/h7H,4-6H2,1-3H3,(H2,10,12). The minimum absolute atomic E-state index is 0.184. The molecule has 0 unspecified atom stereocenters. The lowest BCUT2D eigenvalue weighted by atomic mass is 10.4. The second-order valence-electron chi connectivity index (χ2n) is 2.89. The molecule has 15 heavy (non-hydrogen) atoms. The number of nitrogens with zero attached hydrogens (tertiary/aromatic N) is 1. The number of amides is 2. The van der Waals surface area contributed by atoms with Crippen molar-refractivity contribution in [3.8, 4) is 0 Å². The van der Waals surface area contributed by atoms with Gasteiger partial charge in [0.05, 0.1) is 6.54 Å². The zero-order valence-corrected chi connectivity index (χ0v) is 9.36. The molecule has 0 aliphatic carbocycles. The van der Waals surface area contributed by atoms with Gasteiger partial charge in [0, 0.05) is 20.3 Å². The van der Waals surface area contributed by atoms with Crippen molar-refractivity contribution in [1.29, 1.82) is 0 Å². The molecule has 0 atom stereocenters. The molecule has 0 radical (unpaired) electrons. The van der Waals surface area contributed by atoms with Crippen LogP contribution in [0.1, 0.15) is 13.8 Å². The van der Waals surface area contributed by atoms with Gasteiger partial charge in [0.25, 0.3) is 0 Å². The fraction of sp³-hybridized carbons (Fsp3) is 0.778. The topological polar surface area (TPSA) is 81.9 Å². The summed E-state index contributed by atoms with van der Waals surface area (Å²) in [6.45, 7) is 4.78. The van der Waals surface area contributed by atoms with Crippen LogP contribution < -0.4 is 5.73 Å². The molecule has 0 aromatic heterocycles. The Labute approximate surface area is 89.3 Å². The lowest BCUT2D eigenvalue weighted by Crippen LogP contribution is -2.42. The number of rotatable bonds is 6. The number of ether oxygens (including phenoxy) is 2. The third-order valence-corrected chi connectivity index (χ3v) is 1.69. The molecular weight excluding hydrogens is 200 g/mol. The maximum Gasteiger partial charge on any atom is 0.311 e. The summed E-state index contributed by atoms with van der Waals surface area (Å²) in [6.07, 6.45) is -0.520. The highest BCUT2D eigenvalue weighted by Crippen LogP contribution is 1.98. The molecule has 0 saturated carbocycles. The van der Waals surface area contributed by atoms with E-state index in [2.05, 4.69) is 0 Å². The van der Waals surface area contributed by atoms with Crippen molar-refractivity contribution in [2.75, 3.05) is 26.8 Å². The summed E-state index contributed by atoms with van der Waals surface area (Å²) in [5, 5.41) is 0. The largest absolute Gasteiger partial charge is 0.361 e. The predicted octanol–water partition coefficient (Wildman–Crippen LogP) is -0.671. The molecule has 2 N–H and O–H groups in total. The van der Waals surface area contributed by atoms with Crippen molar-refractivity contribution in [2.24, 2.45) is 5.73 Å². The van der Waals surface area contributed by atoms with Crippen LogP contribution in [0.25, 0.3) is 0 Å². The number of carbonyl (C=O) groups excluding carboxylic acids is 2. The van der Waals surface area contributed by atoms with Gasteiger partial charge in [0.2, 0.25) is 0 Å². The SMILES string of the molecule is CCOC(CN(C)C(=O)C(N)=O)OCC. The molecule has 0 saturated heterocycles. The first-order valence-corrected chi connectivity index (χ1v) is 4.81. The molecule has 0 fully saturated rings. The van der Waals surface area contributed by atoms with E-state index >= 15 is 0 Å². The van der Waals surface area contributed by atoms with Gasteiger partial charge in [-0.3, -0.25) is 9.59 Å². The molecular formula is C9H18N2O4. The van der Waals surface area contributed by atoms with Gasteiger partial charge in [0.15, 0.2) is 6.29 Å². The number of hydrogen-bond acceptors (Lipinski definition) is 4. The molecule has 0 bridgehead atoms. The Bertz CT molecular complexity index is 214. The van der Waals surface area contributed by atoms with Crippen LogP contribution in [-0.4, -0.2) is 49.8 Å². The summed E-state index contributed by atoms with van der Waals surface area (Å²) >= 11 is 0. The molecule has 6 heteroatoms. The van der Waals surface area contributed by atoms with Crippen LogP contribution in [0.15, 0.2) is 0 Å². The molecule has 88 valence electrons. The molecule has 0 aromatic carbocycles. The lowest BCUT2D eigenvalue weighted by Gasteiger charge is -2.22. The van der Waals surface area contributed by atoms with Crippen molar-refractivity contribution in [3.63, 3.8) is 0 Å². The third kappa shape index (κ3) is 5.34. The van der Waals surface area contributed by atoms with Crippen LogP contribution in [0.3, 0.4) is 0 Å². The summed E-state index contributed by atoms with van der Waals surface area (Å²) in [7, 11) is 1.47. The minimum atomic E-state index is -0.982. The fourth-order valence-electron chi connectivity index (χ4n) is 1.02. The summed E-state index contributed by atoms with van der Waals surface area (Å²) in [4.78, 5) is 22.9. The summed E-state index contributed by atoms with van der Waals surface area (Å²) in [5.74, 6) is -1.73. The smallest absolute Gasteiger partial charge is 0.311 e. The first-order chi connectivity index (χ1) is 7.02. The summed E-state index contributed by atoms with van der Waals surface area (Å²) in [6, 6.07) is 0. The van der Waals surface area contributed by atoms with E-state index in [0.717, 1.165) is 0 Å². The Kier molecular flexibility index (Phi) is 6.64. The van der Waals surface area contributed by atoms with E-state index in [0.29, 0.717) is 13.2 Å². The van der Waals surface area contributed by atoms with E-state index in [1.165, 1.54) is 11.9 Å². The van der Waals surface area contributed by atoms with Gasteiger partial charge in [-0.1, -0.05) is 0 Å². The van der Waals surface area contributed by atoms with Crippen LogP contribution in [0.4, 0.5) is 0 Å². The zero-order chi connectivity index (χ0) is 11.8. The van der Waals surface area contributed by atoms with Crippen molar-refractivity contribution in [3.05, 3.63) is 0 Å². The lowest BCUT2D eigenvalue weighted by molar-refractivity contribution is -0.159. The van der Waals surface area contributed by atoms with Crippen LogP contribution in [0.2, 0.25) is 0 Å². The van der Waals surface area contributed by atoms with Crippen molar-refractivity contribution < 1.29 is 19.1 Å². The maximum absolute atomic E-state index is 11.1. The maximum atomic E-state index is 11.1. The van der Waals surface area contributed by atoms with E-state index in [4.69, 9.17) is 15.2 Å². The molecule has 0 rings (SSSR count). The highest BCUT2D eigenvalue weighted by atomic mass is 16.7. The molecule has 0 aliphatic rings. The summed E-state index contributed by atoms with van der Waals surface area (Å²) < 4.78 is 10.4. The second kappa shape index (κ2) is 7.19. The van der Waals surface area contributed by atoms with Gasteiger partial charge in [-0.15, -0.1) is 0 Å². The van der Waals surface area contributed by atoms with Gasteiger partial charge in [-0.2, -0.15) is 0 Å². The quantitative estimate of drug-likeness (QED) is 0.473. The molecule has 0 aromatic rings. The van der Waals surface area contributed by atoms with Gasteiger partial charge >= 0.3 is 11.8 Å². The Morgan fingerprint density at radius 2 is 1.73 bits per heavy atom. The van der Waals surface area contributed by atoms with E-state index < -0.39 is 18.1 Å². The van der Waals surface area contributed by atoms with Crippen molar-refractivity contribution in [2.45, 2.75) is 20.1 Å². The number of hydrogen-bond donors (Lipinski definition) is 1. The predicted molar refractivity (Wildman–Crippen MR) is 53.9 cm³/mol. The zero-order valence-electron chi connectivity index (χ0n) is 9.36. The number of nitrogens with two attached hydrogens (primary N) is 1. The van der Waals surface area contributed by atoms with Crippen molar-refractivity contribution >= 4 is 11.8 Å². The van der Waals surface area contributed by atoms with Gasteiger partial charge in [-0.25, -0.2) is 0 Å². The minimum Gasteiger partial charge on any atom is -0.361 e. The van der Waals surface area contributed by atoms with E-state index in [1.54, 1.807) is 0 Å². The van der Waals surface area contributed by atoms with Crippen LogP contribution in [0.5, 0.6) is 0 Å². The highest BCUT2D eigenvalue weighted by molar-refractivity contribution is 6.34. The Morgan fingerprint density at radius 1 is 1.27 bits per heavy atom. The summed E-state index contributed by atoms with van der Waals surface area (Å²) in [5.41, 5.74) is 4.85. The number of likely N-dealkylation sites (N-methyl/N-ethyl adjacent to an activating group) is 1. The molecule has 0 spiro atoms. The molecule has 6 nitrogen and oxygen atoms in total. The third-order valence-electron chi connectivity index (χ3n) is 1.69. The van der Waals surface area contributed by atoms with E-state index in [-0.39, 0.29) is 6.54 Å². The van der Waals surface area contributed by atoms with Crippen LogP contribution in [-0.2, 0) is 19.1 Å². The Morgan fingerprint density at radius 3 is 2.07 bits per heavy atom. The van der Waals surface area contributed by atoms with Gasteiger partial charge in [-0.05, 0) is 13.8 Å². The second-order valence-corrected chi connectivity index (χ2v) is 2.89. The van der Waals surface area contributed by atoms with E-state index in [1.807, 2.05) is 13.8 Å². The molecule has 0 aliphatic heterocycles. The van der Waals surface area contributed by atoms with Crippen LogP contribution in [0, 0.1) is 0 Å². The average Bonchev–Trinajstić information content (AvgIpc) is 2.17. The first-order valence-electron chi connectivity index (χ1n) is 4.81. The fourth-order valence-corrected chi connectivity index (χ4v) is 1.02. The van der Waals surface area contributed by atoms with Gasteiger partial charge in [0.1, 0.15) is 0 Å². The van der Waals surface area contributed by atoms with Gasteiger partial charge < -0.3 is 20.1 Å². The Hall–Kier alpha value is -1.14. The molecule has 2 amide bonds. The van der Waals surface area contributed by atoms with Crippen LogP contribution >= 0.6 is 0 Å². The normalized spacial score (nSPS) is 10.4. The average molecular weight is 218 g/mol.